The second-order valence-corrected chi connectivity index (χ2v) is 7.76. The van der Waals surface area contributed by atoms with Gasteiger partial charge in [-0.2, -0.15) is 5.10 Å². The Morgan fingerprint density at radius 1 is 1.50 bits per heavy atom. The van der Waals surface area contributed by atoms with Crippen molar-refractivity contribution < 1.29 is 14.3 Å². The Balaban J connectivity index is 1.73. The highest BCUT2D eigenvalue weighted by Gasteiger charge is 2.60. The maximum Gasteiger partial charge on any atom is 0.238 e. The van der Waals surface area contributed by atoms with Crippen LogP contribution >= 0.6 is 0 Å². The van der Waals surface area contributed by atoms with Crippen molar-refractivity contribution in [3.63, 3.8) is 0 Å². The molecule has 156 valence electrons. The highest BCUT2D eigenvalue weighted by Crippen LogP contribution is 2.57. The van der Waals surface area contributed by atoms with Crippen LogP contribution in [0.25, 0.3) is 6.08 Å². The molecule has 0 aromatic carbocycles. The number of ether oxygens (including phenoxy) is 1. The van der Waals surface area contributed by atoms with E-state index in [4.69, 9.17) is 4.74 Å². The molecule has 2 fully saturated rings. The van der Waals surface area contributed by atoms with E-state index in [1.807, 2.05) is 38.0 Å². The van der Waals surface area contributed by atoms with E-state index in [1.165, 1.54) is 0 Å². The molecule has 1 aromatic heterocycles. The number of aryl methyl sites for hydroxylation is 1. The molecule has 0 bridgehead atoms. The number of carbonyl (C=O) groups is 1. The van der Waals surface area contributed by atoms with Gasteiger partial charge in [-0.3, -0.25) is 9.89 Å². The number of likely N-dealkylation sites (tertiary alicyclic amines) is 1. The van der Waals surface area contributed by atoms with E-state index < -0.39 is 5.41 Å². The van der Waals surface area contributed by atoms with Crippen molar-refractivity contribution in [1.29, 1.82) is 0 Å². The number of hydrogen-bond donors (Lipinski definition) is 1. The van der Waals surface area contributed by atoms with Crippen LogP contribution in [0.1, 0.15) is 37.9 Å². The minimum absolute atomic E-state index is 0.00705. The molecule has 6 heteroatoms. The number of nitrogens with one attached hydrogen (secondary N) is 1. The molecule has 1 N–H and O–H groups in total. The Hall–Kier alpha value is -3.37. The summed E-state index contributed by atoms with van der Waals surface area (Å²) in [6.45, 7) is 13.5. The van der Waals surface area contributed by atoms with Gasteiger partial charge in [-0.05, 0) is 50.1 Å². The third-order valence-electron chi connectivity index (χ3n) is 5.65. The van der Waals surface area contributed by atoms with E-state index in [0.29, 0.717) is 24.2 Å². The number of hydrogen-bond acceptors (Lipinski definition) is 4. The summed E-state index contributed by atoms with van der Waals surface area (Å²) in [5.41, 5.74) is 3.55. The maximum atomic E-state index is 13.3. The topological polar surface area (TPSA) is 75.3 Å². The van der Waals surface area contributed by atoms with Crippen LogP contribution in [-0.2, 0) is 14.3 Å². The molecule has 1 amide bonds. The molecule has 1 aliphatic heterocycles. The molecule has 0 radical (unpaired) electrons. The summed E-state index contributed by atoms with van der Waals surface area (Å²) < 4.78 is 5.96. The predicted molar refractivity (Wildman–Crippen MR) is 117 cm³/mol. The third kappa shape index (κ3) is 3.74. The van der Waals surface area contributed by atoms with E-state index in [-0.39, 0.29) is 18.6 Å². The van der Waals surface area contributed by atoms with Gasteiger partial charge in [0.25, 0.3) is 0 Å². The van der Waals surface area contributed by atoms with Gasteiger partial charge in [0, 0.05) is 24.1 Å². The third-order valence-corrected chi connectivity index (χ3v) is 5.65. The van der Waals surface area contributed by atoms with Crippen LogP contribution in [-0.4, -0.2) is 39.6 Å². The fourth-order valence-corrected chi connectivity index (χ4v) is 4.17. The molecule has 6 nitrogen and oxygen atoms in total. The summed E-state index contributed by atoms with van der Waals surface area (Å²) in [6, 6.07) is 0. The highest BCUT2D eigenvalue weighted by molar-refractivity contribution is 5.95. The molecule has 1 aliphatic carbocycles. The van der Waals surface area contributed by atoms with Gasteiger partial charge in [0.2, 0.25) is 5.91 Å². The van der Waals surface area contributed by atoms with Crippen molar-refractivity contribution in [2.75, 3.05) is 6.54 Å². The molecule has 1 saturated carbocycles. The second-order valence-electron chi connectivity index (χ2n) is 7.76. The molecule has 1 spiro atoms. The van der Waals surface area contributed by atoms with Gasteiger partial charge in [-0.15, -0.1) is 0 Å². The summed E-state index contributed by atoms with van der Waals surface area (Å²) in [5.74, 6) is 2.41. The number of amides is 1. The van der Waals surface area contributed by atoms with E-state index in [9.17, 15) is 9.59 Å². The Kier molecular flexibility index (Phi) is 6.09. The van der Waals surface area contributed by atoms with Crippen molar-refractivity contribution >= 4 is 17.9 Å². The maximum absolute atomic E-state index is 13.3. The quantitative estimate of drug-likeness (QED) is 0.422. The zero-order chi connectivity index (χ0) is 21.9. The Morgan fingerprint density at radius 2 is 2.23 bits per heavy atom. The number of rotatable bonds is 7. The van der Waals surface area contributed by atoms with E-state index >= 15 is 0 Å². The first kappa shape index (κ1) is 21.3. The fourth-order valence-electron chi connectivity index (χ4n) is 4.17. The van der Waals surface area contributed by atoms with Crippen LogP contribution in [0.15, 0.2) is 66.3 Å². The van der Waals surface area contributed by atoms with Crippen molar-refractivity contribution in [1.82, 2.24) is 15.1 Å². The Morgan fingerprint density at radius 3 is 2.80 bits per heavy atom. The molecule has 3 rings (SSSR count). The van der Waals surface area contributed by atoms with E-state index in [1.54, 1.807) is 30.2 Å². The Labute approximate surface area is 177 Å². The number of nitrogens with zero attached hydrogens (tertiary/aromatic N) is 2. The number of H-pyrrole nitrogens is 1. The first-order valence-electron chi connectivity index (χ1n) is 9.92. The van der Waals surface area contributed by atoms with Gasteiger partial charge in [0.15, 0.2) is 0 Å². The SMILES string of the molecule is C=C/C=C1\C(=C/C)C2(CC(OC(=C)/C=C\c3[nH]ncc3C)C2)C(=O)N1CC(C)=C=O. The lowest BCUT2D eigenvalue weighted by molar-refractivity contribution is -0.144. The van der Waals surface area contributed by atoms with Crippen LogP contribution in [0.4, 0.5) is 0 Å². The number of aromatic amines is 1. The van der Waals surface area contributed by atoms with Crippen molar-refractivity contribution in [2.24, 2.45) is 5.41 Å². The molecule has 0 unspecified atom stereocenters. The number of carbonyl (C=O) groups excluding carboxylic acids is 2. The zero-order valence-corrected chi connectivity index (χ0v) is 17.7. The molecule has 2 aliphatic rings. The predicted octanol–water partition coefficient (Wildman–Crippen LogP) is 4.05. The average molecular weight is 405 g/mol. The normalized spacial score (nSPS) is 25.8. The lowest BCUT2D eigenvalue weighted by atomic mass is 9.62. The van der Waals surface area contributed by atoms with Gasteiger partial charge in [-0.25, -0.2) is 4.79 Å². The van der Waals surface area contributed by atoms with Crippen LogP contribution < -0.4 is 0 Å². The summed E-state index contributed by atoms with van der Waals surface area (Å²) >= 11 is 0. The summed E-state index contributed by atoms with van der Waals surface area (Å²) in [5, 5.41) is 6.89. The number of allylic oxidation sites excluding steroid dienone is 5. The van der Waals surface area contributed by atoms with Crippen LogP contribution in [0.2, 0.25) is 0 Å². The number of aromatic nitrogens is 2. The Bertz CT molecular complexity index is 1010. The largest absolute Gasteiger partial charge is 0.491 e. The lowest BCUT2D eigenvalue weighted by Crippen LogP contribution is -2.48. The van der Waals surface area contributed by atoms with Crippen LogP contribution in [0.5, 0.6) is 0 Å². The minimum atomic E-state index is -0.624. The van der Waals surface area contributed by atoms with E-state index in [0.717, 1.165) is 22.5 Å². The van der Waals surface area contributed by atoms with Gasteiger partial charge in [0.1, 0.15) is 17.8 Å². The fraction of sp³-hybridized carbons (Fsp3) is 0.333. The van der Waals surface area contributed by atoms with Crippen molar-refractivity contribution in [3.05, 3.63) is 77.5 Å². The second kappa shape index (κ2) is 8.56. The molecular formula is C24H27N3O3. The average Bonchev–Trinajstić information content (AvgIpc) is 3.20. The molecular weight excluding hydrogens is 378 g/mol. The molecule has 30 heavy (non-hydrogen) atoms. The first-order valence-corrected chi connectivity index (χ1v) is 9.92. The van der Waals surface area contributed by atoms with Crippen molar-refractivity contribution in [3.8, 4) is 0 Å². The minimum Gasteiger partial charge on any atom is -0.491 e. The molecule has 2 heterocycles. The standard InChI is InChI=1S/C24H27N3O3/c1-6-8-22-20(7-2)24(23(29)27(22)14-16(3)15-28)11-19(12-24)30-18(5)9-10-21-17(4)13-25-26-21/h6-10,13,19H,1,5,11-12,14H2,2-4H3,(H,25,26)/b10-9-,20-7+,22-8+. The van der Waals surface area contributed by atoms with Crippen LogP contribution in [0.3, 0.4) is 0 Å². The molecule has 1 saturated heterocycles. The van der Waals surface area contributed by atoms with Gasteiger partial charge in [0.05, 0.1) is 23.9 Å². The van der Waals surface area contributed by atoms with Gasteiger partial charge in [-0.1, -0.05) is 25.3 Å². The van der Waals surface area contributed by atoms with Crippen molar-refractivity contribution in [2.45, 2.75) is 39.7 Å². The summed E-state index contributed by atoms with van der Waals surface area (Å²) in [6.07, 6.45) is 11.9. The summed E-state index contributed by atoms with van der Waals surface area (Å²) in [4.78, 5) is 26.0. The smallest absolute Gasteiger partial charge is 0.238 e. The highest BCUT2D eigenvalue weighted by atomic mass is 16.5. The monoisotopic (exact) mass is 405 g/mol. The van der Waals surface area contributed by atoms with Gasteiger partial charge >= 0.3 is 0 Å². The molecule has 1 aromatic rings. The summed E-state index contributed by atoms with van der Waals surface area (Å²) in [7, 11) is 0. The van der Waals surface area contributed by atoms with Gasteiger partial charge < -0.3 is 9.64 Å². The molecule has 0 atom stereocenters. The zero-order valence-electron chi connectivity index (χ0n) is 17.7. The van der Waals surface area contributed by atoms with E-state index in [2.05, 4.69) is 23.4 Å². The first-order chi connectivity index (χ1) is 14.4. The lowest BCUT2D eigenvalue weighted by Gasteiger charge is -2.43. The van der Waals surface area contributed by atoms with Crippen LogP contribution in [0, 0.1) is 12.3 Å².